The molecule has 118 valence electrons. The SMILES string of the molecule is CCNC(=NCc1ccnn1C)NCC1CN(C)CCO1. The molecule has 1 aliphatic heterocycles. The monoisotopic (exact) mass is 294 g/mol. The van der Waals surface area contributed by atoms with Gasteiger partial charge in [-0.2, -0.15) is 5.10 Å². The van der Waals surface area contributed by atoms with Crippen molar-refractivity contribution in [3.63, 3.8) is 0 Å². The number of guanidine groups is 1. The van der Waals surface area contributed by atoms with Crippen LogP contribution in [0.1, 0.15) is 12.6 Å². The highest BCUT2D eigenvalue weighted by atomic mass is 16.5. The lowest BCUT2D eigenvalue weighted by Crippen LogP contribution is -2.48. The summed E-state index contributed by atoms with van der Waals surface area (Å²) < 4.78 is 7.58. The first-order valence-electron chi connectivity index (χ1n) is 7.48. The Kier molecular flexibility index (Phi) is 6.01. The molecular weight excluding hydrogens is 268 g/mol. The summed E-state index contributed by atoms with van der Waals surface area (Å²) in [6.07, 6.45) is 2.00. The molecule has 21 heavy (non-hydrogen) atoms. The highest BCUT2D eigenvalue weighted by Gasteiger charge is 2.17. The molecule has 0 radical (unpaired) electrons. The topological polar surface area (TPSA) is 66.7 Å². The van der Waals surface area contributed by atoms with Crippen LogP contribution in [-0.4, -0.2) is 66.6 Å². The third-order valence-electron chi connectivity index (χ3n) is 3.50. The summed E-state index contributed by atoms with van der Waals surface area (Å²) in [6.45, 7) is 7.03. The molecule has 2 rings (SSSR count). The number of rotatable bonds is 5. The summed E-state index contributed by atoms with van der Waals surface area (Å²) in [5.41, 5.74) is 1.08. The van der Waals surface area contributed by atoms with Crippen LogP contribution >= 0.6 is 0 Å². The molecular formula is C14H26N6O. The van der Waals surface area contributed by atoms with Crippen LogP contribution in [0, 0.1) is 0 Å². The molecule has 7 heteroatoms. The fraction of sp³-hybridized carbons (Fsp3) is 0.714. The number of ether oxygens (including phenoxy) is 1. The molecule has 1 aliphatic rings. The summed E-state index contributed by atoms with van der Waals surface area (Å²) in [6, 6.07) is 1.98. The number of hydrogen-bond donors (Lipinski definition) is 2. The Morgan fingerprint density at radius 2 is 2.33 bits per heavy atom. The number of nitrogens with one attached hydrogen (secondary N) is 2. The molecule has 1 unspecified atom stereocenters. The minimum absolute atomic E-state index is 0.212. The van der Waals surface area contributed by atoms with E-state index in [0.29, 0.717) is 6.54 Å². The fourth-order valence-electron chi connectivity index (χ4n) is 2.26. The number of likely N-dealkylation sites (N-methyl/N-ethyl adjacent to an activating group) is 1. The predicted octanol–water partition coefficient (Wildman–Crippen LogP) is -0.194. The van der Waals surface area contributed by atoms with Crippen LogP contribution < -0.4 is 10.6 Å². The van der Waals surface area contributed by atoms with Crippen molar-refractivity contribution in [2.45, 2.75) is 19.6 Å². The highest BCUT2D eigenvalue weighted by molar-refractivity contribution is 5.79. The van der Waals surface area contributed by atoms with Gasteiger partial charge in [0.25, 0.3) is 0 Å². The van der Waals surface area contributed by atoms with E-state index in [0.717, 1.165) is 44.4 Å². The van der Waals surface area contributed by atoms with Gasteiger partial charge in [0.2, 0.25) is 0 Å². The zero-order chi connectivity index (χ0) is 15.1. The van der Waals surface area contributed by atoms with Gasteiger partial charge in [-0.15, -0.1) is 0 Å². The summed E-state index contributed by atoms with van der Waals surface area (Å²) in [7, 11) is 4.05. The van der Waals surface area contributed by atoms with Crippen molar-refractivity contribution in [2.75, 3.05) is 39.8 Å². The standard InChI is InChI=1S/C14H26N6O/c1-4-15-14(16-9-12-5-6-18-20(12)3)17-10-13-11-19(2)7-8-21-13/h5-6,13H,4,7-11H2,1-3H3,(H2,15,16,17). The molecule has 0 bridgehead atoms. The Balaban J connectivity index is 1.84. The van der Waals surface area contributed by atoms with Crippen LogP contribution in [-0.2, 0) is 18.3 Å². The van der Waals surface area contributed by atoms with Crippen LogP contribution in [0.5, 0.6) is 0 Å². The van der Waals surface area contributed by atoms with E-state index in [9.17, 15) is 0 Å². The summed E-state index contributed by atoms with van der Waals surface area (Å²) >= 11 is 0. The quantitative estimate of drug-likeness (QED) is 0.582. The molecule has 0 aliphatic carbocycles. The molecule has 0 saturated carbocycles. The van der Waals surface area contributed by atoms with E-state index in [1.54, 1.807) is 6.20 Å². The molecule has 0 amide bonds. The Bertz CT molecular complexity index is 458. The van der Waals surface area contributed by atoms with E-state index in [1.807, 2.05) is 17.8 Å². The molecule has 2 N–H and O–H groups in total. The number of nitrogens with zero attached hydrogens (tertiary/aromatic N) is 4. The van der Waals surface area contributed by atoms with Crippen molar-refractivity contribution in [1.29, 1.82) is 0 Å². The van der Waals surface area contributed by atoms with Gasteiger partial charge in [-0.1, -0.05) is 0 Å². The number of aryl methyl sites for hydroxylation is 1. The maximum absolute atomic E-state index is 5.75. The van der Waals surface area contributed by atoms with Gasteiger partial charge in [-0.05, 0) is 20.0 Å². The Hall–Kier alpha value is -1.60. The van der Waals surface area contributed by atoms with E-state index < -0.39 is 0 Å². The van der Waals surface area contributed by atoms with Crippen molar-refractivity contribution in [1.82, 2.24) is 25.3 Å². The van der Waals surface area contributed by atoms with Crippen LogP contribution in [0.15, 0.2) is 17.3 Å². The Morgan fingerprint density at radius 3 is 3.00 bits per heavy atom. The molecule has 1 atom stereocenters. The molecule has 1 aromatic rings. The number of hydrogen-bond acceptors (Lipinski definition) is 4. The van der Waals surface area contributed by atoms with Crippen molar-refractivity contribution in [3.8, 4) is 0 Å². The van der Waals surface area contributed by atoms with Crippen LogP contribution in [0.25, 0.3) is 0 Å². The van der Waals surface area contributed by atoms with Crippen molar-refractivity contribution in [3.05, 3.63) is 18.0 Å². The average Bonchev–Trinajstić information content (AvgIpc) is 2.87. The summed E-state index contributed by atoms with van der Waals surface area (Å²) in [5.74, 6) is 0.815. The largest absolute Gasteiger partial charge is 0.374 e. The number of aromatic nitrogens is 2. The normalized spacial score (nSPS) is 20.5. The van der Waals surface area contributed by atoms with Gasteiger partial charge in [0, 0.05) is 39.4 Å². The van der Waals surface area contributed by atoms with Gasteiger partial charge in [0.15, 0.2) is 5.96 Å². The zero-order valence-electron chi connectivity index (χ0n) is 13.2. The van der Waals surface area contributed by atoms with Gasteiger partial charge in [0.05, 0.1) is 24.9 Å². The molecule has 1 aromatic heterocycles. The van der Waals surface area contributed by atoms with Gasteiger partial charge in [0.1, 0.15) is 0 Å². The van der Waals surface area contributed by atoms with E-state index in [2.05, 4.69) is 39.6 Å². The van der Waals surface area contributed by atoms with Crippen molar-refractivity contribution in [2.24, 2.45) is 12.0 Å². The first-order valence-corrected chi connectivity index (χ1v) is 7.48. The third kappa shape index (κ3) is 5.02. The third-order valence-corrected chi connectivity index (χ3v) is 3.50. The first-order chi connectivity index (χ1) is 10.2. The highest BCUT2D eigenvalue weighted by Crippen LogP contribution is 2.02. The minimum atomic E-state index is 0.212. The van der Waals surface area contributed by atoms with Gasteiger partial charge in [-0.25, -0.2) is 4.99 Å². The summed E-state index contributed by atoms with van der Waals surface area (Å²) in [4.78, 5) is 6.87. The second kappa shape index (κ2) is 7.99. The molecule has 7 nitrogen and oxygen atoms in total. The molecule has 0 spiro atoms. The van der Waals surface area contributed by atoms with Crippen molar-refractivity contribution < 1.29 is 4.74 Å². The lowest BCUT2D eigenvalue weighted by atomic mass is 10.3. The van der Waals surface area contributed by atoms with E-state index in [4.69, 9.17) is 4.74 Å². The van der Waals surface area contributed by atoms with E-state index >= 15 is 0 Å². The maximum atomic E-state index is 5.75. The first kappa shape index (κ1) is 15.8. The second-order valence-corrected chi connectivity index (χ2v) is 5.28. The van der Waals surface area contributed by atoms with E-state index in [-0.39, 0.29) is 6.10 Å². The number of aliphatic imine (C=N–C) groups is 1. The van der Waals surface area contributed by atoms with Gasteiger partial charge in [-0.3, -0.25) is 4.68 Å². The maximum Gasteiger partial charge on any atom is 0.191 e. The predicted molar refractivity (Wildman–Crippen MR) is 83.3 cm³/mol. The zero-order valence-corrected chi connectivity index (χ0v) is 13.2. The number of morpholine rings is 1. The van der Waals surface area contributed by atoms with Crippen LogP contribution in [0.3, 0.4) is 0 Å². The van der Waals surface area contributed by atoms with Gasteiger partial charge < -0.3 is 20.3 Å². The van der Waals surface area contributed by atoms with Crippen molar-refractivity contribution >= 4 is 5.96 Å². The van der Waals surface area contributed by atoms with E-state index in [1.165, 1.54) is 0 Å². The van der Waals surface area contributed by atoms with Crippen LogP contribution in [0.4, 0.5) is 0 Å². The second-order valence-electron chi connectivity index (χ2n) is 5.28. The Morgan fingerprint density at radius 1 is 1.48 bits per heavy atom. The van der Waals surface area contributed by atoms with Crippen LogP contribution in [0.2, 0.25) is 0 Å². The average molecular weight is 294 g/mol. The Labute approximate surface area is 126 Å². The minimum Gasteiger partial charge on any atom is -0.374 e. The molecule has 1 fully saturated rings. The smallest absolute Gasteiger partial charge is 0.191 e. The molecule has 0 aromatic carbocycles. The summed E-state index contributed by atoms with van der Waals surface area (Å²) in [5, 5.41) is 10.8. The lowest BCUT2D eigenvalue weighted by molar-refractivity contribution is -0.0161. The lowest BCUT2D eigenvalue weighted by Gasteiger charge is -2.30. The van der Waals surface area contributed by atoms with Gasteiger partial charge >= 0.3 is 0 Å². The fourth-order valence-corrected chi connectivity index (χ4v) is 2.26. The molecule has 2 heterocycles. The molecule has 1 saturated heterocycles.